The van der Waals surface area contributed by atoms with Gasteiger partial charge in [-0.15, -0.1) is 0 Å². The van der Waals surface area contributed by atoms with Gasteiger partial charge in [0.15, 0.2) is 5.78 Å². The van der Waals surface area contributed by atoms with Crippen LogP contribution in [0.15, 0.2) is 113 Å². The van der Waals surface area contributed by atoms with Gasteiger partial charge in [-0.2, -0.15) is 0 Å². The van der Waals surface area contributed by atoms with Crippen molar-refractivity contribution in [1.82, 2.24) is 0 Å². The van der Waals surface area contributed by atoms with Gasteiger partial charge in [-0.25, -0.2) is 0 Å². The Kier molecular flexibility index (Phi) is 10.7. The van der Waals surface area contributed by atoms with E-state index in [4.69, 9.17) is 0 Å². The number of ketones is 2. The maximum absolute atomic E-state index is 12.7. The second kappa shape index (κ2) is 14.0. The molecule has 2 nitrogen and oxygen atoms in total. The molecule has 1 aliphatic rings. The van der Waals surface area contributed by atoms with E-state index in [-0.39, 0.29) is 11.6 Å². The normalized spacial score (nSPS) is 15.3. The average Bonchev–Trinajstić information content (AvgIpc) is 3.02. The van der Waals surface area contributed by atoms with Crippen LogP contribution in [0.3, 0.4) is 0 Å². The molecule has 0 spiro atoms. The minimum Gasteiger partial charge on any atom is -0.289 e. The van der Waals surface area contributed by atoms with Crippen molar-refractivity contribution in [2.75, 3.05) is 6.16 Å². The first-order chi connectivity index (χ1) is 19.8. The van der Waals surface area contributed by atoms with Gasteiger partial charge < -0.3 is 0 Å². The van der Waals surface area contributed by atoms with Crippen molar-refractivity contribution in [2.45, 2.75) is 78.6 Å². The third kappa shape index (κ3) is 6.58. The van der Waals surface area contributed by atoms with Crippen molar-refractivity contribution in [3.8, 4) is 0 Å². The second-order valence-electron chi connectivity index (χ2n) is 11.5. The van der Waals surface area contributed by atoms with E-state index in [1.807, 2.05) is 6.92 Å². The van der Waals surface area contributed by atoms with Crippen LogP contribution in [-0.2, 0) is 9.59 Å². The molecule has 3 aromatic carbocycles. The van der Waals surface area contributed by atoms with Crippen LogP contribution < -0.4 is 15.9 Å². The molecular weight excluding hydrogens is 587 g/mol. The van der Waals surface area contributed by atoms with Crippen molar-refractivity contribution < 1.29 is 9.59 Å². The Bertz CT molecular complexity index is 1310. The summed E-state index contributed by atoms with van der Waals surface area (Å²) in [5.41, 5.74) is 2.63. The SMILES string of the molecule is CC1=C(C)C(=O)C(CCCCCCCCCCP(Br)(c2ccccc2)(c2ccccc2)c2ccccc2)=C(C)C1=O. The van der Waals surface area contributed by atoms with E-state index in [1.165, 1.54) is 48.0 Å². The molecule has 0 amide bonds. The number of carbonyl (C=O) groups is 2. The molecule has 0 N–H and O–H groups in total. The molecule has 4 rings (SSSR count). The fourth-order valence-corrected chi connectivity index (χ4v) is 14.0. The second-order valence-corrected chi connectivity index (χ2v) is 20.6. The Balaban J connectivity index is 1.31. The van der Waals surface area contributed by atoms with Crippen LogP contribution in [0, 0.1) is 0 Å². The third-order valence-electron chi connectivity index (χ3n) is 8.95. The minimum atomic E-state index is -2.81. The van der Waals surface area contributed by atoms with Crippen LogP contribution in [0.2, 0.25) is 0 Å². The molecule has 0 atom stereocenters. The number of unbranched alkanes of at least 4 members (excludes halogenated alkanes) is 7. The summed E-state index contributed by atoms with van der Waals surface area (Å²) in [6, 6.07) is 33.2. The van der Waals surface area contributed by atoms with Crippen LogP contribution in [0.25, 0.3) is 0 Å². The molecule has 4 heteroatoms. The summed E-state index contributed by atoms with van der Waals surface area (Å²) in [5.74, 6) is 0.117. The van der Waals surface area contributed by atoms with Crippen molar-refractivity contribution in [3.63, 3.8) is 0 Å². The predicted molar refractivity (Wildman–Crippen MR) is 182 cm³/mol. The van der Waals surface area contributed by atoms with Crippen molar-refractivity contribution >= 4 is 48.3 Å². The summed E-state index contributed by atoms with van der Waals surface area (Å²) in [6.45, 7) is 5.36. The molecule has 0 fully saturated rings. The van der Waals surface area contributed by atoms with Gasteiger partial charge in [-0.3, -0.25) is 9.59 Å². The van der Waals surface area contributed by atoms with Crippen LogP contribution in [0.1, 0.15) is 78.6 Å². The molecule has 0 saturated heterocycles. The Morgan fingerprint density at radius 3 is 1.29 bits per heavy atom. The Morgan fingerprint density at radius 2 is 0.854 bits per heavy atom. The van der Waals surface area contributed by atoms with Gasteiger partial charge in [0.05, 0.1) is 0 Å². The molecule has 0 aromatic heterocycles. The molecule has 0 unspecified atom stereocenters. The van der Waals surface area contributed by atoms with Gasteiger partial charge in [0.25, 0.3) is 0 Å². The van der Waals surface area contributed by atoms with Crippen molar-refractivity contribution in [1.29, 1.82) is 0 Å². The van der Waals surface area contributed by atoms with Crippen LogP contribution in [0.5, 0.6) is 0 Å². The fraction of sp³-hybridized carbons (Fsp3) is 0.351. The zero-order valence-corrected chi connectivity index (χ0v) is 27.4. The van der Waals surface area contributed by atoms with Crippen molar-refractivity contribution in [3.05, 3.63) is 113 Å². The Hall–Kier alpha value is -2.61. The molecular formula is C37H44BrO2P. The fourth-order valence-electron chi connectivity index (χ4n) is 6.28. The minimum absolute atomic E-state index is 0.0426. The Morgan fingerprint density at radius 1 is 0.488 bits per heavy atom. The molecule has 0 bridgehead atoms. The van der Waals surface area contributed by atoms with E-state index in [9.17, 15) is 9.59 Å². The topological polar surface area (TPSA) is 34.1 Å². The van der Waals surface area contributed by atoms with Gasteiger partial charge in [-0.05, 0) is 20.8 Å². The predicted octanol–water partition coefficient (Wildman–Crippen LogP) is 9.14. The number of allylic oxidation sites excluding steroid dienone is 4. The summed E-state index contributed by atoms with van der Waals surface area (Å²) in [7, 11) is 0. The quantitative estimate of drug-likeness (QED) is 0.101. The van der Waals surface area contributed by atoms with E-state index in [1.54, 1.807) is 13.8 Å². The zero-order chi connectivity index (χ0) is 29.3. The van der Waals surface area contributed by atoms with Gasteiger partial charge in [-0.1, -0.05) is 0 Å². The van der Waals surface area contributed by atoms with E-state index in [0.29, 0.717) is 16.7 Å². The van der Waals surface area contributed by atoms with Crippen molar-refractivity contribution in [2.24, 2.45) is 0 Å². The van der Waals surface area contributed by atoms with E-state index in [2.05, 4.69) is 106 Å². The monoisotopic (exact) mass is 630 g/mol. The molecule has 3 aromatic rings. The third-order valence-corrected chi connectivity index (χ3v) is 19.0. The van der Waals surface area contributed by atoms with E-state index < -0.39 is 5.31 Å². The van der Waals surface area contributed by atoms with Gasteiger partial charge in [0, 0.05) is 11.1 Å². The number of Topliss-reactive ketones (excluding diaryl/α,β-unsaturated/α-hetero) is 2. The van der Waals surface area contributed by atoms with Crippen LogP contribution >= 0.6 is 20.8 Å². The molecule has 41 heavy (non-hydrogen) atoms. The van der Waals surface area contributed by atoms with Crippen LogP contribution in [0.4, 0.5) is 0 Å². The maximum atomic E-state index is 12.7. The van der Waals surface area contributed by atoms with Gasteiger partial charge >= 0.3 is 209 Å². The number of rotatable bonds is 14. The Labute approximate surface area is 255 Å². The van der Waals surface area contributed by atoms with E-state index in [0.717, 1.165) is 37.4 Å². The first-order valence-corrected chi connectivity index (χ1v) is 19.6. The number of hydrogen-bond acceptors (Lipinski definition) is 2. The first kappa shape index (κ1) is 31.3. The number of carbonyl (C=O) groups excluding carboxylic acids is 2. The molecule has 216 valence electrons. The molecule has 0 radical (unpaired) electrons. The standard InChI is InChI=1S/C37H44BrO2P/c1-29-30(2)37(40)35(31(3)36(29)39)27-19-8-6-4-5-7-9-20-28-41(38,32-21-13-10-14-22-32,33-23-15-11-16-24-33)34-25-17-12-18-26-34/h10-18,21-26H,4-9,19-20,27-28H2,1-3H3. The summed E-state index contributed by atoms with van der Waals surface area (Å²) in [4.78, 5) is 25.1. The van der Waals surface area contributed by atoms with Crippen LogP contribution in [-0.4, -0.2) is 17.7 Å². The summed E-state index contributed by atoms with van der Waals surface area (Å²) < 4.78 is 0. The molecule has 0 aliphatic heterocycles. The number of hydrogen-bond donors (Lipinski definition) is 0. The molecule has 1 aliphatic carbocycles. The summed E-state index contributed by atoms with van der Waals surface area (Å²) >= 11 is 4.56. The first-order valence-electron chi connectivity index (χ1n) is 15.1. The van der Waals surface area contributed by atoms with E-state index >= 15 is 0 Å². The summed E-state index contributed by atoms with van der Waals surface area (Å²) in [5, 5.41) is 1.35. The van der Waals surface area contributed by atoms with Gasteiger partial charge in [0.1, 0.15) is 0 Å². The van der Waals surface area contributed by atoms with Gasteiger partial charge in [0.2, 0.25) is 0 Å². The molecule has 0 heterocycles. The average molecular weight is 632 g/mol. The molecule has 0 saturated carbocycles. The smallest absolute Gasteiger partial charge is 0.289 e. The zero-order valence-electron chi connectivity index (χ0n) is 24.9. The number of benzene rings is 3. The number of halogens is 1. The summed E-state index contributed by atoms with van der Waals surface area (Å²) in [6.07, 6.45) is 11.1.